The van der Waals surface area contributed by atoms with Gasteiger partial charge in [0, 0.05) is 40.7 Å². The molecule has 1 aliphatic rings. The summed E-state index contributed by atoms with van der Waals surface area (Å²) >= 11 is 0. The second kappa shape index (κ2) is 14.8. The van der Waals surface area contributed by atoms with Gasteiger partial charge in [-0.1, -0.05) is 159 Å². The molecule has 1 heterocycles. The number of aliphatic imine (C=N–C) groups is 1. The topological polar surface area (TPSA) is 49.1 Å². The van der Waals surface area contributed by atoms with Crippen LogP contribution in [0.15, 0.2) is 205 Å². The minimum atomic E-state index is -0.110. The molecule has 0 amide bonds. The number of aromatic nitrogens is 1. The van der Waals surface area contributed by atoms with Gasteiger partial charge in [0.2, 0.25) is 0 Å². The molecule has 0 aliphatic heterocycles. The van der Waals surface area contributed by atoms with E-state index >= 15 is 0 Å². The first-order valence-electron chi connectivity index (χ1n) is 20.1. The molecule has 0 radical (unpaired) electrons. The highest BCUT2D eigenvalue weighted by Gasteiger charge is 2.36. The number of nitrogens with one attached hydrogen (secondary N) is 1. The molecule has 0 saturated carbocycles. The van der Waals surface area contributed by atoms with Crippen molar-refractivity contribution in [2.45, 2.75) is 19.3 Å². The second-order valence-electron chi connectivity index (χ2n) is 15.9. The van der Waals surface area contributed by atoms with Crippen LogP contribution in [0.1, 0.15) is 41.7 Å². The summed E-state index contributed by atoms with van der Waals surface area (Å²) in [6, 6.07) is 64.4. The quantitative estimate of drug-likeness (QED) is 0.154. The molecule has 9 aromatic rings. The van der Waals surface area contributed by atoms with Gasteiger partial charge in [-0.3, -0.25) is 9.98 Å². The molecule has 1 aromatic heterocycles. The van der Waals surface area contributed by atoms with E-state index in [-0.39, 0.29) is 5.41 Å². The van der Waals surface area contributed by atoms with Gasteiger partial charge < -0.3 is 5.41 Å². The van der Waals surface area contributed by atoms with E-state index in [9.17, 15) is 5.41 Å². The Bertz CT molecular complexity index is 3140. The van der Waals surface area contributed by atoms with E-state index in [0.29, 0.717) is 5.71 Å². The number of allylic oxidation sites excluding steroid dienone is 1. The molecule has 0 unspecified atom stereocenters. The number of pyridine rings is 1. The Labute approximate surface area is 345 Å². The maximum atomic E-state index is 9.32. The van der Waals surface area contributed by atoms with Crippen molar-refractivity contribution in [2.75, 3.05) is 0 Å². The van der Waals surface area contributed by atoms with E-state index in [1.165, 1.54) is 44.2 Å². The van der Waals surface area contributed by atoms with Crippen LogP contribution in [0.2, 0.25) is 0 Å². The zero-order valence-electron chi connectivity index (χ0n) is 33.0. The van der Waals surface area contributed by atoms with Crippen molar-refractivity contribution >= 4 is 39.2 Å². The maximum absolute atomic E-state index is 9.32. The van der Waals surface area contributed by atoms with Gasteiger partial charge in [-0.05, 0) is 120 Å². The van der Waals surface area contributed by atoms with Crippen LogP contribution >= 0.6 is 0 Å². The minimum absolute atomic E-state index is 0.110. The fourth-order valence-corrected chi connectivity index (χ4v) is 8.73. The van der Waals surface area contributed by atoms with Gasteiger partial charge >= 0.3 is 0 Å². The number of nitrogens with zero attached hydrogens (tertiary/aromatic N) is 2. The van der Waals surface area contributed by atoms with Gasteiger partial charge in [-0.2, -0.15) is 0 Å². The first-order valence-corrected chi connectivity index (χ1v) is 20.1. The predicted octanol–water partition coefficient (Wildman–Crippen LogP) is 14.2. The Morgan fingerprint density at radius 2 is 1.19 bits per heavy atom. The van der Waals surface area contributed by atoms with Crippen LogP contribution in [-0.4, -0.2) is 16.9 Å². The molecule has 0 spiro atoms. The minimum Gasteiger partial charge on any atom is -0.300 e. The normalized spacial score (nSPS) is 13.2. The van der Waals surface area contributed by atoms with Crippen LogP contribution < -0.4 is 0 Å². The molecule has 1 N–H and O–H groups in total. The zero-order valence-corrected chi connectivity index (χ0v) is 33.0. The Kier molecular flexibility index (Phi) is 8.99. The number of hydrogen-bond donors (Lipinski definition) is 1. The summed E-state index contributed by atoms with van der Waals surface area (Å²) in [4.78, 5) is 9.38. The molecule has 280 valence electrons. The first kappa shape index (κ1) is 35.9. The third-order valence-electron chi connectivity index (χ3n) is 11.9. The van der Waals surface area contributed by atoms with Crippen molar-refractivity contribution < 1.29 is 0 Å². The Morgan fingerprint density at radius 1 is 0.525 bits per heavy atom. The number of rotatable bonds is 8. The van der Waals surface area contributed by atoms with Crippen molar-refractivity contribution in [1.29, 1.82) is 5.41 Å². The third kappa shape index (κ3) is 6.67. The van der Waals surface area contributed by atoms with Crippen molar-refractivity contribution in [3.8, 4) is 44.5 Å². The number of hydrogen-bond acceptors (Lipinski definition) is 3. The lowest BCUT2D eigenvalue weighted by atomic mass is 9.81. The van der Waals surface area contributed by atoms with Crippen molar-refractivity contribution in [3.05, 3.63) is 228 Å². The molecule has 3 nitrogen and oxygen atoms in total. The van der Waals surface area contributed by atoms with E-state index in [4.69, 9.17) is 4.99 Å². The highest BCUT2D eigenvalue weighted by Crippen LogP contribution is 2.51. The smallest absolute Gasteiger partial charge is 0.0729 e. The number of benzene rings is 8. The van der Waals surface area contributed by atoms with E-state index in [0.717, 1.165) is 55.4 Å². The Morgan fingerprint density at radius 3 is 2.00 bits per heavy atom. The van der Waals surface area contributed by atoms with Gasteiger partial charge in [0.15, 0.2) is 0 Å². The lowest BCUT2D eigenvalue weighted by molar-refractivity contribution is 0.661. The summed E-state index contributed by atoms with van der Waals surface area (Å²) < 4.78 is 0. The van der Waals surface area contributed by atoms with Crippen molar-refractivity contribution in [3.63, 3.8) is 0 Å². The third-order valence-corrected chi connectivity index (χ3v) is 11.9. The lowest BCUT2D eigenvalue weighted by Crippen LogP contribution is -2.15. The number of fused-ring (bicyclic) bond motifs is 5. The summed E-state index contributed by atoms with van der Waals surface area (Å²) in [5.74, 6) is 0. The molecular weight excluding hydrogens is 715 g/mol. The van der Waals surface area contributed by atoms with E-state index < -0.39 is 0 Å². The van der Waals surface area contributed by atoms with Crippen LogP contribution in [0.25, 0.3) is 71.7 Å². The average Bonchev–Trinajstić information content (AvgIpc) is 3.51. The fraction of sp³-hybridized carbons (Fsp3) is 0.0536. The molecule has 0 saturated heterocycles. The van der Waals surface area contributed by atoms with Crippen LogP contribution in [-0.2, 0) is 5.41 Å². The molecule has 0 atom stereocenters. The van der Waals surface area contributed by atoms with Crippen molar-refractivity contribution in [1.82, 2.24) is 4.98 Å². The summed E-state index contributed by atoms with van der Waals surface area (Å²) in [6.45, 7) is 4.71. The molecule has 1 aliphatic carbocycles. The van der Waals surface area contributed by atoms with E-state index in [1.807, 2.05) is 79.2 Å². The zero-order chi connectivity index (χ0) is 39.9. The Hall–Kier alpha value is -7.49. The second-order valence-corrected chi connectivity index (χ2v) is 15.9. The molecular formula is C56H41N3. The molecule has 10 rings (SSSR count). The summed E-state index contributed by atoms with van der Waals surface area (Å²) in [7, 11) is 0. The maximum Gasteiger partial charge on any atom is 0.0729 e. The Balaban J connectivity index is 1.04. The van der Waals surface area contributed by atoms with E-state index in [1.54, 1.807) is 6.20 Å². The highest BCUT2D eigenvalue weighted by atomic mass is 14.7. The predicted molar refractivity (Wildman–Crippen MR) is 248 cm³/mol. The first-order chi connectivity index (χ1) is 28.9. The standard InChI is InChI=1S/C56H41N3/c1-56(2)52-33-42(24-25-49(52)51-31-40-15-6-7-16-41(40)32-53(51)56)38-17-10-19-43(29-38)46-26-27-50(48-23-9-8-22-47(46)48)55(59-35-37-13-4-3-5-14-37)34-54(57)44-20-11-18-39(30-44)45-21-12-28-58-36-45/h3-36,57H,1-2H3/b55-34-,57-54?,59-35?. The van der Waals surface area contributed by atoms with Crippen LogP contribution in [0, 0.1) is 5.41 Å². The summed E-state index contributed by atoms with van der Waals surface area (Å²) in [5, 5.41) is 14.1. The largest absolute Gasteiger partial charge is 0.300 e. The van der Waals surface area contributed by atoms with Gasteiger partial charge in [0.25, 0.3) is 0 Å². The molecule has 8 aromatic carbocycles. The molecule has 59 heavy (non-hydrogen) atoms. The van der Waals surface area contributed by atoms with Gasteiger partial charge in [0.05, 0.1) is 11.4 Å². The van der Waals surface area contributed by atoms with E-state index in [2.05, 4.69) is 140 Å². The molecule has 0 fully saturated rings. The summed E-state index contributed by atoms with van der Waals surface area (Å²) in [5.41, 5.74) is 15.9. The molecule has 3 heteroatoms. The van der Waals surface area contributed by atoms with Crippen molar-refractivity contribution in [2.24, 2.45) is 4.99 Å². The monoisotopic (exact) mass is 755 g/mol. The molecule has 0 bridgehead atoms. The van der Waals surface area contributed by atoms with Crippen LogP contribution in [0.4, 0.5) is 0 Å². The highest BCUT2D eigenvalue weighted by molar-refractivity contribution is 6.13. The van der Waals surface area contributed by atoms with Gasteiger partial charge in [0.1, 0.15) is 0 Å². The van der Waals surface area contributed by atoms with Crippen LogP contribution in [0.3, 0.4) is 0 Å². The summed E-state index contributed by atoms with van der Waals surface area (Å²) in [6.07, 6.45) is 7.40. The average molecular weight is 756 g/mol. The van der Waals surface area contributed by atoms with Gasteiger partial charge in [-0.25, -0.2) is 0 Å². The fourth-order valence-electron chi connectivity index (χ4n) is 8.73. The van der Waals surface area contributed by atoms with Crippen LogP contribution in [0.5, 0.6) is 0 Å². The lowest BCUT2D eigenvalue weighted by Gasteiger charge is -2.22. The SMILES string of the molecule is CC1(C)c2cc(-c3cccc(-c4ccc(/C(=C/C(=N)c5cccc(-c6cccnc6)c5)N=Cc5ccccc5)c5ccccc45)c3)ccc2-c2cc3ccccc3cc21. The van der Waals surface area contributed by atoms with Gasteiger partial charge in [-0.15, -0.1) is 0 Å².